The number of alkyl halides is 1. The van der Waals surface area contributed by atoms with Crippen molar-refractivity contribution in [3.05, 3.63) is 57.9 Å². The number of methoxy groups -OCH3 is 2. The number of benzene rings is 1. The Balaban J connectivity index is 1.78. The fourth-order valence-corrected chi connectivity index (χ4v) is 4.76. The van der Waals surface area contributed by atoms with E-state index in [9.17, 15) is 14.0 Å². The molecule has 0 saturated carbocycles. The van der Waals surface area contributed by atoms with Crippen molar-refractivity contribution in [3.8, 4) is 17.3 Å². The Morgan fingerprint density at radius 3 is 2.50 bits per heavy atom. The Morgan fingerprint density at radius 1 is 1.11 bits per heavy atom. The molecule has 1 amide bonds. The standard InChI is InChI=1S/C26H26F2N4O4/c1-14-11-17-19(30(14)2)5-6-20(22(17)28)32-13-18(25(33)31-9-7-15(27)8-10-31)16-12-21(35-3)24(36-4)29-23(16)26(32)34/h5-6,11-13,15H,7-10H2,1-4H3. The second kappa shape index (κ2) is 8.92. The van der Waals surface area contributed by atoms with E-state index in [1.807, 2.05) is 18.5 Å². The minimum atomic E-state index is -0.957. The summed E-state index contributed by atoms with van der Waals surface area (Å²) in [4.78, 5) is 33.1. The number of likely N-dealkylation sites (tertiary alicyclic amines) is 1. The maximum Gasteiger partial charge on any atom is 0.281 e. The number of carbonyl (C=O) groups excluding carboxylic acids is 1. The summed E-state index contributed by atoms with van der Waals surface area (Å²) in [5, 5.41) is 0.607. The predicted octanol–water partition coefficient (Wildman–Crippen LogP) is 3.92. The maximum absolute atomic E-state index is 15.7. The van der Waals surface area contributed by atoms with Crippen molar-refractivity contribution in [3.63, 3.8) is 0 Å². The largest absolute Gasteiger partial charge is 0.491 e. The van der Waals surface area contributed by atoms with Crippen LogP contribution in [-0.2, 0) is 7.05 Å². The number of nitrogens with zero attached hydrogens (tertiary/aromatic N) is 4. The summed E-state index contributed by atoms with van der Waals surface area (Å²) in [6.45, 7) is 2.35. The Morgan fingerprint density at radius 2 is 1.83 bits per heavy atom. The molecular weight excluding hydrogens is 470 g/mol. The second-order valence-electron chi connectivity index (χ2n) is 8.96. The molecule has 1 aliphatic heterocycles. The molecule has 5 rings (SSSR count). The molecule has 188 valence electrons. The van der Waals surface area contributed by atoms with Crippen LogP contribution in [0.15, 0.2) is 35.3 Å². The molecule has 4 aromatic rings. The number of aromatic nitrogens is 3. The summed E-state index contributed by atoms with van der Waals surface area (Å²) in [6.07, 6.45) is 0.845. The summed E-state index contributed by atoms with van der Waals surface area (Å²) in [5.41, 5.74) is 0.987. The highest BCUT2D eigenvalue weighted by molar-refractivity contribution is 6.06. The number of amides is 1. The Kier molecular flexibility index (Phi) is 5.89. The van der Waals surface area contributed by atoms with Gasteiger partial charge in [0.1, 0.15) is 11.7 Å². The number of hydrogen-bond donors (Lipinski definition) is 0. The third kappa shape index (κ3) is 3.68. The predicted molar refractivity (Wildman–Crippen MR) is 132 cm³/mol. The number of aryl methyl sites for hydroxylation is 2. The van der Waals surface area contributed by atoms with Crippen LogP contribution < -0.4 is 15.0 Å². The van der Waals surface area contributed by atoms with Gasteiger partial charge in [-0.3, -0.25) is 14.2 Å². The molecule has 36 heavy (non-hydrogen) atoms. The second-order valence-corrected chi connectivity index (χ2v) is 8.96. The first-order chi connectivity index (χ1) is 17.2. The molecule has 0 aliphatic carbocycles. The van der Waals surface area contributed by atoms with Crippen molar-refractivity contribution in [1.82, 2.24) is 19.0 Å². The fraction of sp³-hybridized carbons (Fsp3) is 0.346. The SMILES string of the molecule is COc1cc2c(C(=O)N3CCC(F)CC3)cn(-c3ccc4c(cc(C)n4C)c3F)c(=O)c2nc1OC. The summed E-state index contributed by atoms with van der Waals surface area (Å²) in [6, 6.07) is 6.46. The van der Waals surface area contributed by atoms with Crippen molar-refractivity contribution < 1.29 is 23.0 Å². The van der Waals surface area contributed by atoms with E-state index in [0.717, 1.165) is 10.3 Å². The summed E-state index contributed by atoms with van der Waals surface area (Å²) < 4.78 is 43.1. The van der Waals surface area contributed by atoms with E-state index in [0.29, 0.717) is 10.9 Å². The van der Waals surface area contributed by atoms with Crippen LogP contribution in [-0.4, -0.2) is 58.4 Å². The lowest BCUT2D eigenvalue weighted by Crippen LogP contribution is -2.39. The number of halogens is 2. The molecule has 0 atom stereocenters. The first kappa shape index (κ1) is 23.8. The molecular formula is C26H26F2N4O4. The van der Waals surface area contributed by atoms with Crippen molar-refractivity contribution in [2.24, 2.45) is 7.05 Å². The molecule has 10 heteroatoms. The zero-order valence-corrected chi connectivity index (χ0v) is 20.5. The number of carbonyl (C=O) groups is 1. The third-order valence-electron chi connectivity index (χ3n) is 6.92. The van der Waals surface area contributed by atoms with Gasteiger partial charge in [-0.25, -0.2) is 13.8 Å². The Bertz CT molecular complexity index is 1570. The van der Waals surface area contributed by atoms with Gasteiger partial charge in [-0.1, -0.05) is 0 Å². The monoisotopic (exact) mass is 496 g/mol. The normalized spacial score (nSPS) is 14.6. The van der Waals surface area contributed by atoms with Gasteiger partial charge in [-0.05, 0) is 44.0 Å². The van der Waals surface area contributed by atoms with Gasteiger partial charge < -0.3 is 18.9 Å². The van der Waals surface area contributed by atoms with Gasteiger partial charge in [0.25, 0.3) is 17.3 Å². The van der Waals surface area contributed by atoms with Crippen LogP contribution in [0.5, 0.6) is 11.6 Å². The summed E-state index contributed by atoms with van der Waals surface area (Å²) in [7, 11) is 4.64. The Labute approximate surface area is 205 Å². The van der Waals surface area contributed by atoms with Gasteiger partial charge in [-0.15, -0.1) is 0 Å². The fourth-order valence-electron chi connectivity index (χ4n) is 4.76. The van der Waals surface area contributed by atoms with E-state index in [4.69, 9.17) is 9.47 Å². The van der Waals surface area contributed by atoms with Crippen LogP contribution in [0.3, 0.4) is 0 Å². The highest BCUT2D eigenvalue weighted by atomic mass is 19.1. The van der Waals surface area contributed by atoms with Gasteiger partial charge in [0, 0.05) is 42.8 Å². The lowest BCUT2D eigenvalue weighted by molar-refractivity contribution is 0.0668. The number of piperidine rings is 1. The Hall–Kier alpha value is -3.95. The number of rotatable bonds is 4. The van der Waals surface area contributed by atoms with Crippen molar-refractivity contribution in [2.45, 2.75) is 25.9 Å². The van der Waals surface area contributed by atoms with Crippen LogP contribution in [0.25, 0.3) is 27.5 Å². The average molecular weight is 497 g/mol. The molecule has 0 N–H and O–H groups in total. The van der Waals surface area contributed by atoms with E-state index >= 15 is 4.39 Å². The maximum atomic E-state index is 15.7. The number of pyridine rings is 2. The molecule has 0 unspecified atom stereocenters. The van der Waals surface area contributed by atoms with Crippen molar-refractivity contribution in [2.75, 3.05) is 27.3 Å². The topological polar surface area (TPSA) is 78.6 Å². The number of hydrogen-bond acceptors (Lipinski definition) is 5. The number of ether oxygens (including phenoxy) is 2. The average Bonchev–Trinajstić information content (AvgIpc) is 3.18. The molecule has 1 fully saturated rings. The number of fused-ring (bicyclic) bond motifs is 2. The van der Waals surface area contributed by atoms with E-state index in [1.54, 1.807) is 12.1 Å². The lowest BCUT2D eigenvalue weighted by atomic mass is 10.1. The van der Waals surface area contributed by atoms with E-state index < -0.39 is 23.5 Å². The van der Waals surface area contributed by atoms with Crippen LogP contribution >= 0.6 is 0 Å². The quantitative estimate of drug-likeness (QED) is 0.428. The summed E-state index contributed by atoms with van der Waals surface area (Å²) >= 11 is 0. The van der Waals surface area contributed by atoms with E-state index in [1.165, 1.54) is 37.4 Å². The van der Waals surface area contributed by atoms with Crippen LogP contribution in [0.4, 0.5) is 8.78 Å². The lowest BCUT2D eigenvalue weighted by Gasteiger charge is -2.29. The minimum Gasteiger partial charge on any atom is -0.491 e. The van der Waals surface area contributed by atoms with Crippen LogP contribution in [0, 0.1) is 12.7 Å². The molecule has 8 nitrogen and oxygen atoms in total. The van der Waals surface area contributed by atoms with E-state index in [-0.39, 0.29) is 59.7 Å². The summed E-state index contributed by atoms with van der Waals surface area (Å²) in [5.74, 6) is -0.682. The molecule has 0 bridgehead atoms. The van der Waals surface area contributed by atoms with Gasteiger partial charge in [0.15, 0.2) is 11.6 Å². The molecule has 0 radical (unpaired) electrons. The molecule has 0 spiro atoms. The highest BCUT2D eigenvalue weighted by Crippen LogP contribution is 2.32. The smallest absolute Gasteiger partial charge is 0.281 e. The molecule has 1 aliphatic rings. The first-order valence-electron chi connectivity index (χ1n) is 11.6. The minimum absolute atomic E-state index is 0.00639. The molecule has 1 aromatic carbocycles. The van der Waals surface area contributed by atoms with Gasteiger partial charge in [-0.2, -0.15) is 0 Å². The molecule has 3 aromatic heterocycles. The van der Waals surface area contributed by atoms with Gasteiger partial charge in [0.05, 0.1) is 31.0 Å². The molecule has 4 heterocycles. The zero-order valence-electron chi connectivity index (χ0n) is 20.5. The van der Waals surface area contributed by atoms with Crippen LogP contribution in [0.1, 0.15) is 28.9 Å². The molecule has 1 saturated heterocycles. The van der Waals surface area contributed by atoms with Crippen molar-refractivity contribution in [1.29, 1.82) is 0 Å². The first-order valence-corrected chi connectivity index (χ1v) is 11.6. The van der Waals surface area contributed by atoms with Crippen molar-refractivity contribution >= 4 is 27.7 Å². The van der Waals surface area contributed by atoms with E-state index in [2.05, 4.69) is 4.98 Å². The van der Waals surface area contributed by atoms with Crippen LogP contribution in [0.2, 0.25) is 0 Å². The third-order valence-corrected chi connectivity index (χ3v) is 6.92. The van der Waals surface area contributed by atoms with Gasteiger partial charge in [0.2, 0.25) is 0 Å². The highest BCUT2D eigenvalue weighted by Gasteiger charge is 2.28. The van der Waals surface area contributed by atoms with Gasteiger partial charge >= 0.3 is 0 Å². The zero-order chi connectivity index (χ0) is 25.7.